The predicted molar refractivity (Wildman–Crippen MR) is 161 cm³/mol. The maximum absolute atomic E-state index is 13.2. The number of hydrogen-bond acceptors (Lipinski definition) is 7. The molecule has 11 heteroatoms. The molecule has 222 valence electrons. The van der Waals surface area contributed by atoms with Crippen LogP contribution in [0.3, 0.4) is 0 Å². The van der Waals surface area contributed by atoms with Crippen LogP contribution in [-0.4, -0.2) is 67.4 Å². The largest absolute Gasteiger partial charge is 0.454 e. The first kappa shape index (κ1) is 30.2. The number of anilines is 3. The standard InChI is InChI=1S/C31H37N5O6/c1-31(2,3)42-30(39)34-25-9-7-6-8-24(25)33-28(37)22-12-10-21(11-13-22)19-36(17-16-35(4)5)29(38)32-23-14-15-26-27(18-23)41-20-40-26/h6-15,18H,16-17,19-20H2,1-5H3,(H,32,38)(H,33,37)(H,34,39). The second kappa shape index (κ2) is 13.3. The summed E-state index contributed by atoms with van der Waals surface area (Å²) in [5.41, 5.74) is 2.09. The van der Waals surface area contributed by atoms with Gasteiger partial charge in [0.05, 0.1) is 11.4 Å². The molecule has 0 aliphatic carbocycles. The van der Waals surface area contributed by atoms with Gasteiger partial charge in [-0.25, -0.2) is 9.59 Å². The Kier molecular flexibility index (Phi) is 9.53. The van der Waals surface area contributed by atoms with Gasteiger partial charge >= 0.3 is 12.1 Å². The van der Waals surface area contributed by atoms with Crippen molar-refractivity contribution in [2.45, 2.75) is 32.9 Å². The quantitative estimate of drug-likeness (QED) is 0.303. The highest BCUT2D eigenvalue weighted by atomic mass is 16.7. The zero-order valence-corrected chi connectivity index (χ0v) is 24.5. The van der Waals surface area contributed by atoms with Crippen molar-refractivity contribution in [2.24, 2.45) is 0 Å². The molecule has 42 heavy (non-hydrogen) atoms. The van der Waals surface area contributed by atoms with E-state index in [1.807, 2.05) is 31.1 Å². The normalized spacial score (nSPS) is 12.0. The summed E-state index contributed by atoms with van der Waals surface area (Å²) in [5.74, 6) is 0.888. The number of hydrogen-bond donors (Lipinski definition) is 3. The van der Waals surface area contributed by atoms with Crippen LogP contribution in [0.5, 0.6) is 11.5 Å². The van der Waals surface area contributed by atoms with Gasteiger partial charge in [0.15, 0.2) is 11.5 Å². The molecule has 0 atom stereocenters. The van der Waals surface area contributed by atoms with Crippen molar-refractivity contribution < 1.29 is 28.6 Å². The van der Waals surface area contributed by atoms with Gasteiger partial charge in [-0.1, -0.05) is 24.3 Å². The minimum Gasteiger partial charge on any atom is -0.454 e. The summed E-state index contributed by atoms with van der Waals surface area (Å²) in [6.07, 6.45) is -0.616. The van der Waals surface area contributed by atoms with E-state index in [1.165, 1.54) is 0 Å². The molecule has 1 heterocycles. The van der Waals surface area contributed by atoms with Crippen molar-refractivity contribution in [3.63, 3.8) is 0 Å². The summed E-state index contributed by atoms with van der Waals surface area (Å²) < 4.78 is 16.1. The fourth-order valence-corrected chi connectivity index (χ4v) is 4.04. The van der Waals surface area contributed by atoms with E-state index in [-0.39, 0.29) is 18.7 Å². The lowest BCUT2D eigenvalue weighted by Gasteiger charge is -2.25. The second-order valence-corrected chi connectivity index (χ2v) is 11.0. The number of fused-ring (bicyclic) bond motifs is 1. The molecule has 3 N–H and O–H groups in total. The number of amides is 4. The highest BCUT2D eigenvalue weighted by Crippen LogP contribution is 2.34. The van der Waals surface area contributed by atoms with Gasteiger partial charge < -0.3 is 34.6 Å². The highest BCUT2D eigenvalue weighted by Gasteiger charge is 2.20. The van der Waals surface area contributed by atoms with Crippen molar-refractivity contribution in [1.29, 1.82) is 0 Å². The summed E-state index contributed by atoms with van der Waals surface area (Å²) in [6, 6.07) is 18.9. The maximum Gasteiger partial charge on any atom is 0.412 e. The average molecular weight is 576 g/mol. The van der Waals surface area contributed by atoms with Gasteiger partial charge in [-0.3, -0.25) is 10.1 Å². The van der Waals surface area contributed by atoms with E-state index in [0.717, 1.165) is 5.56 Å². The molecular formula is C31H37N5O6. The first-order valence-corrected chi connectivity index (χ1v) is 13.6. The molecular weight excluding hydrogens is 538 g/mol. The SMILES string of the molecule is CN(C)CCN(Cc1ccc(C(=O)Nc2ccccc2NC(=O)OC(C)(C)C)cc1)C(=O)Nc1ccc2c(c1)OCO2. The first-order chi connectivity index (χ1) is 20.0. The van der Waals surface area contributed by atoms with Gasteiger partial charge in [0, 0.05) is 37.0 Å². The van der Waals surface area contributed by atoms with Crippen LogP contribution >= 0.6 is 0 Å². The topological polar surface area (TPSA) is 121 Å². The maximum atomic E-state index is 13.2. The molecule has 4 rings (SSSR count). The number of nitrogens with zero attached hydrogens (tertiary/aromatic N) is 2. The van der Waals surface area contributed by atoms with Gasteiger partial charge in [0.25, 0.3) is 5.91 Å². The third kappa shape index (κ3) is 8.61. The third-order valence-electron chi connectivity index (χ3n) is 6.13. The molecule has 0 spiro atoms. The van der Waals surface area contributed by atoms with Gasteiger partial charge in [-0.15, -0.1) is 0 Å². The van der Waals surface area contributed by atoms with Crippen molar-refractivity contribution in [3.05, 3.63) is 77.9 Å². The van der Waals surface area contributed by atoms with E-state index >= 15 is 0 Å². The van der Waals surface area contributed by atoms with E-state index in [4.69, 9.17) is 14.2 Å². The Morgan fingerprint density at radius 1 is 0.833 bits per heavy atom. The molecule has 0 saturated heterocycles. The summed E-state index contributed by atoms with van der Waals surface area (Å²) >= 11 is 0. The minimum absolute atomic E-state index is 0.158. The lowest BCUT2D eigenvalue weighted by Crippen LogP contribution is -2.39. The summed E-state index contributed by atoms with van der Waals surface area (Å²) in [5, 5.41) is 8.46. The van der Waals surface area contributed by atoms with E-state index in [2.05, 4.69) is 16.0 Å². The number of likely N-dealkylation sites (N-methyl/N-ethyl adjacent to an activating group) is 1. The fraction of sp³-hybridized carbons (Fsp3) is 0.323. The summed E-state index contributed by atoms with van der Waals surface area (Å²) in [7, 11) is 3.89. The van der Waals surface area contributed by atoms with Crippen LogP contribution in [0.25, 0.3) is 0 Å². The molecule has 1 aliphatic heterocycles. The van der Waals surface area contributed by atoms with Crippen LogP contribution in [0.1, 0.15) is 36.7 Å². The molecule has 0 radical (unpaired) electrons. The van der Waals surface area contributed by atoms with Crippen LogP contribution in [0, 0.1) is 0 Å². The van der Waals surface area contributed by atoms with Gasteiger partial charge in [-0.05, 0) is 76.8 Å². The van der Waals surface area contributed by atoms with Gasteiger partial charge in [0.1, 0.15) is 5.60 Å². The number of carbonyl (C=O) groups is 3. The summed E-state index contributed by atoms with van der Waals surface area (Å²) in [6.45, 7) is 6.99. The van der Waals surface area contributed by atoms with Gasteiger partial charge in [-0.2, -0.15) is 0 Å². The van der Waals surface area contributed by atoms with Crippen LogP contribution in [0.4, 0.5) is 26.7 Å². The minimum atomic E-state index is -0.654. The van der Waals surface area contributed by atoms with Crippen LogP contribution in [0.15, 0.2) is 66.7 Å². The Hall–Kier alpha value is -4.77. The zero-order valence-electron chi connectivity index (χ0n) is 24.5. The highest BCUT2D eigenvalue weighted by molar-refractivity contribution is 6.06. The van der Waals surface area contributed by atoms with Crippen molar-refractivity contribution in [1.82, 2.24) is 9.80 Å². The van der Waals surface area contributed by atoms with Crippen molar-refractivity contribution >= 4 is 35.1 Å². The molecule has 11 nitrogen and oxygen atoms in total. The molecule has 1 aliphatic rings. The monoisotopic (exact) mass is 575 g/mol. The van der Waals surface area contributed by atoms with Gasteiger partial charge in [0.2, 0.25) is 6.79 Å². The molecule has 0 aromatic heterocycles. The van der Waals surface area contributed by atoms with Crippen molar-refractivity contribution in [2.75, 3.05) is 49.9 Å². The summed E-state index contributed by atoms with van der Waals surface area (Å²) in [4.78, 5) is 42.2. The lowest BCUT2D eigenvalue weighted by atomic mass is 10.1. The molecule has 0 saturated carbocycles. The fourth-order valence-electron chi connectivity index (χ4n) is 4.04. The Bertz CT molecular complexity index is 1420. The lowest BCUT2D eigenvalue weighted by molar-refractivity contribution is 0.0635. The number of carbonyl (C=O) groups excluding carboxylic acids is 3. The third-order valence-corrected chi connectivity index (χ3v) is 6.13. The molecule has 3 aromatic carbocycles. The Morgan fingerprint density at radius 3 is 2.17 bits per heavy atom. The molecule has 0 fully saturated rings. The second-order valence-electron chi connectivity index (χ2n) is 11.0. The molecule has 0 unspecified atom stereocenters. The van der Waals surface area contributed by atoms with E-state index in [9.17, 15) is 14.4 Å². The number of urea groups is 1. The number of ether oxygens (including phenoxy) is 3. The van der Waals surface area contributed by atoms with E-state index in [0.29, 0.717) is 53.8 Å². The first-order valence-electron chi connectivity index (χ1n) is 13.6. The number of para-hydroxylation sites is 2. The van der Waals surface area contributed by atoms with Crippen LogP contribution < -0.4 is 25.4 Å². The van der Waals surface area contributed by atoms with E-state index < -0.39 is 11.7 Å². The smallest absolute Gasteiger partial charge is 0.412 e. The Morgan fingerprint density at radius 2 is 1.50 bits per heavy atom. The zero-order chi connectivity index (χ0) is 30.3. The van der Waals surface area contributed by atoms with Crippen LogP contribution in [-0.2, 0) is 11.3 Å². The number of benzene rings is 3. The molecule has 4 amide bonds. The Labute approximate surface area is 245 Å². The molecule has 3 aromatic rings. The average Bonchev–Trinajstić information content (AvgIpc) is 3.39. The van der Waals surface area contributed by atoms with Crippen molar-refractivity contribution in [3.8, 4) is 11.5 Å². The molecule has 0 bridgehead atoms. The van der Waals surface area contributed by atoms with E-state index in [1.54, 1.807) is 80.3 Å². The number of rotatable bonds is 9. The number of nitrogens with one attached hydrogen (secondary N) is 3. The van der Waals surface area contributed by atoms with Crippen LogP contribution in [0.2, 0.25) is 0 Å². The Balaban J connectivity index is 1.40. The predicted octanol–water partition coefficient (Wildman–Crippen LogP) is 5.61.